The third-order valence-corrected chi connectivity index (χ3v) is 2.96. The molecule has 0 saturated carbocycles. The molecule has 0 amide bonds. The van der Waals surface area contributed by atoms with Crippen LogP contribution >= 0.6 is 0 Å². The molecule has 1 heteroatoms. The first-order valence-corrected chi connectivity index (χ1v) is 7.07. The SMILES string of the molecule is C=C=COC(/C(=C/CCC)CCC)c1ccccc1. The number of unbranched alkanes of at least 4 members (excludes halogenated alkanes) is 1. The van der Waals surface area contributed by atoms with Crippen LogP contribution in [0.3, 0.4) is 0 Å². The third-order valence-electron chi connectivity index (χ3n) is 2.96. The molecule has 0 N–H and O–H groups in total. The highest BCUT2D eigenvalue weighted by Gasteiger charge is 2.16. The minimum atomic E-state index is -0.0121. The Morgan fingerprint density at radius 2 is 2.00 bits per heavy atom. The Labute approximate surface area is 117 Å². The quantitative estimate of drug-likeness (QED) is 0.335. The van der Waals surface area contributed by atoms with Crippen molar-refractivity contribution in [1.82, 2.24) is 0 Å². The monoisotopic (exact) mass is 256 g/mol. The van der Waals surface area contributed by atoms with Crippen molar-refractivity contribution >= 4 is 0 Å². The first-order valence-electron chi connectivity index (χ1n) is 7.07. The maximum Gasteiger partial charge on any atom is 0.145 e. The molecule has 0 aliphatic heterocycles. The summed E-state index contributed by atoms with van der Waals surface area (Å²) in [7, 11) is 0. The minimum Gasteiger partial charge on any atom is -0.481 e. The summed E-state index contributed by atoms with van der Waals surface area (Å²) in [4.78, 5) is 0. The molecule has 0 aromatic heterocycles. The summed E-state index contributed by atoms with van der Waals surface area (Å²) in [5.41, 5.74) is 5.23. The second-order valence-corrected chi connectivity index (χ2v) is 4.57. The van der Waals surface area contributed by atoms with Gasteiger partial charge in [0.2, 0.25) is 0 Å². The van der Waals surface area contributed by atoms with Crippen molar-refractivity contribution in [2.75, 3.05) is 0 Å². The Morgan fingerprint density at radius 3 is 2.58 bits per heavy atom. The normalized spacial score (nSPS) is 12.6. The molecule has 1 nitrogen and oxygen atoms in total. The van der Waals surface area contributed by atoms with Gasteiger partial charge in [0.1, 0.15) is 12.4 Å². The molecule has 0 spiro atoms. The van der Waals surface area contributed by atoms with Crippen LogP contribution in [0, 0.1) is 0 Å². The molecule has 0 radical (unpaired) electrons. The average Bonchev–Trinajstić information content (AvgIpc) is 2.46. The van der Waals surface area contributed by atoms with Crippen molar-refractivity contribution in [2.24, 2.45) is 0 Å². The van der Waals surface area contributed by atoms with Gasteiger partial charge < -0.3 is 4.74 Å². The fourth-order valence-electron chi connectivity index (χ4n) is 2.08. The van der Waals surface area contributed by atoms with Crippen molar-refractivity contribution < 1.29 is 4.74 Å². The summed E-state index contributed by atoms with van der Waals surface area (Å²) in [6, 6.07) is 10.3. The number of benzene rings is 1. The zero-order chi connectivity index (χ0) is 13.9. The maximum atomic E-state index is 5.82. The number of hydrogen-bond acceptors (Lipinski definition) is 1. The summed E-state index contributed by atoms with van der Waals surface area (Å²) in [6.45, 7) is 7.96. The summed E-state index contributed by atoms with van der Waals surface area (Å²) in [5.74, 6) is 0. The van der Waals surface area contributed by atoms with Gasteiger partial charge in [0.05, 0.1) is 0 Å². The maximum absolute atomic E-state index is 5.82. The predicted octanol–water partition coefficient (Wildman–Crippen LogP) is 5.57. The largest absolute Gasteiger partial charge is 0.481 e. The highest BCUT2D eigenvalue weighted by molar-refractivity contribution is 5.26. The molecule has 1 atom stereocenters. The molecule has 1 unspecified atom stereocenters. The molecule has 0 aliphatic carbocycles. The van der Waals surface area contributed by atoms with E-state index in [1.54, 1.807) is 6.26 Å². The van der Waals surface area contributed by atoms with E-state index in [0.717, 1.165) is 25.7 Å². The van der Waals surface area contributed by atoms with Gasteiger partial charge in [-0.05, 0) is 24.0 Å². The molecule has 1 rings (SSSR count). The zero-order valence-corrected chi connectivity index (χ0v) is 12.1. The van der Waals surface area contributed by atoms with Gasteiger partial charge in [-0.3, -0.25) is 0 Å². The summed E-state index contributed by atoms with van der Waals surface area (Å²) in [6.07, 6.45) is 8.31. The van der Waals surface area contributed by atoms with Gasteiger partial charge in [-0.2, -0.15) is 0 Å². The summed E-state index contributed by atoms with van der Waals surface area (Å²) in [5, 5.41) is 0. The molecule has 1 aromatic rings. The summed E-state index contributed by atoms with van der Waals surface area (Å²) < 4.78 is 5.82. The van der Waals surface area contributed by atoms with Crippen molar-refractivity contribution in [1.29, 1.82) is 0 Å². The molecule has 1 aromatic carbocycles. The lowest BCUT2D eigenvalue weighted by Gasteiger charge is -2.20. The van der Waals surface area contributed by atoms with Crippen LogP contribution in [-0.4, -0.2) is 0 Å². The van der Waals surface area contributed by atoms with E-state index in [-0.39, 0.29) is 6.10 Å². The molecule has 0 fully saturated rings. The number of hydrogen-bond donors (Lipinski definition) is 0. The molecule has 19 heavy (non-hydrogen) atoms. The predicted molar refractivity (Wildman–Crippen MR) is 81.9 cm³/mol. The standard InChI is InChI=1S/C18H24O/c1-4-7-12-16(11-5-2)18(19-15-6-3)17-13-9-8-10-14-17/h8-10,12-15,18H,3-5,7,11H2,1-2H3/b16-12+. The van der Waals surface area contributed by atoms with Crippen molar-refractivity contribution in [3.8, 4) is 0 Å². The Balaban J connectivity index is 3.02. The van der Waals surface area contributed by atoms with Crippen LogP contribution in [0.1, 0.15) is 51.2 Å². The molecular weight excluding hydrogens is 232 g/mol. The van der Waals surface area contributed by atoms with E-state index in [1.807, 2.05) is 18.2 Å². The number of rotatable bonds is 8. The third kappa shape index (κ3) is 5.19. The fraction of sp³-hybridized carbons (Fsp3) is 0.389. The highest BCUT2D eigenvalue weighted by atomic mass is 16.5. The van der Waals surface area contributed by atoms with E-state index >= 15 is 0 Å². The zero-order valence-electron chi connectivity index (χ0n) is 12.1. The van der Waals surface area contributed by atoms with E-state index in [0.29, 0.717) is 0 Å². The van der Waals surface area contributed by atoms with Crippen LogP contribution in [0.5, 0.6) is 0 Å². The Hall–Kier alpha value is -1.72. The van der Waals surface area contributed by atoms with Crippen molar-refractivity contribution in [2.45, 2.75) is 45.6 Å². The van der Waals surface area contributed by atoms with Gasteiger partial charge >= 0.3 is 0 Å². The summed E-state index contributed by atoms with van der Waals surface area (Å²) >= 11 is 0. The lowest BCUT2D eigenvalue weighted by atomic mass is 9.96. The molecule has 0 bridgehead atoms. The van der Waals surface area contributed by atoms with Crippen LogP contribution in [0.2, 0.25) is 0 Å². The first-order chi connectivity index (χ1) is 9.33. The lowest BCUT2D eigenvalue weighted by molar-refractivity contribution is 0.175. The Bertz CT molecular complexity index is 424. The van der Waals surface area contributed by atoms with Gasteiger partial charge in [0.15, 0.2) is 0 Å². The molecule has 102 valence electrons. The van der Waals surface area contributed by atoms with Gasteiger partial charge in [0, 0.05) is 0 Å². The van der Waals surface area contributed by atoms with Gasteiger partial charge in [-0.25, -0.2) is 0 Å². The van der Waals surface area contributed by atoms with Gasteiger partial charge in [0.25, 0.3) is 0 Å². The molecule has 0 heterocycles. The molecule has 0 saturated heterocycles. The molecular formula is C18H24O. The topological polar surface area (TPSA) is 9.23 Å². The second-order valence-electron chi connectivity index (χ2n) is 4.57. The van der Waals surface area contributed by atoms with Crippen LogP contribution in [0.25, 0.3) is 0 Å². The first kappa shape index (κ1) is 15.3. The molecule has 0 aliphatic rings. The van der Waals surface area contributed by atoms with E-state index in [2.05, 4.69) is 44.4 Å². The van der Waals surface area contributed by atoms with E-state index in [9.17, 15) is 0 Å². The average molecular weight is 256 g/mol. The van der Waals surface area contributed by atoms with E-state index < -0.39 is 0 Å². The van der Waals surface area contributed by atoms with Crippen LogP contribution in [0.4, 0.5) is 0 Å². The Morgan fingerprint density at radius 1 is 1.26 bits per heavy atom. The van der Waals surface area contributed by atoms with Gasteiger partial charge in [-0.15, -0.1) is 0 Å². The van der Waals surface area contributed by atoms with Crippen LogP contribution in [0.15, 0.2) is 60.6 Å². The minimum absolute atomic E-state index is 0.0121. The number of allylic oxidation sites excluding steroid dienone is 1. The Kier molecular flexibility index (Phi) is 7.46. The second kappa shape index (κ2) is 9.24. The van der Waals surface area contributed by atoms with E-state index in [4.69, 9.17) is 4.74 Å². The number of ether oxygens (including phenoxy) is 1. The lowest BCUT2D eigenvalue weighted by Crippen LogP contribution is -2.05. The van der Waals surface area contributed by atoms with Crippen molar-refractivity contribution in [3.63, 3.8) is 0 Å². The highest BCUT2D eigenvalue weighted by Crippen LogP contribution is 2.29. The van der Waals surface area contributed by atoms with Crippen LogP contribution < -0.4 is 0 Å². The van der Waals surface area contributed by atoms with E-state index in [1.165, 1.54) is 11.1 Å². The van der Waals surface area contributed by atoms with Gasteiger partial charge in [-0.1, -0.05) is 75.4 Å². The van der Waals surface area contributed by atoms with Crippen LogP contribution in [-0.2, 0) is 4.74 Å². The smallest absolute Gasteiger partial charge is 0.145 e. The van der Waals surface area contributed by atoms with Crippen molar-refractivity contribution in [3.05, 3.63) is 66.1 Å². The fourth-order valence-corrected chi connectivity index (χ4v) is 2.08.